The number of anilines is 1. The lowest BCUT2D eigenvalue weighted by atomic mass is 10.1. The van der Waals surface area contributed by atoms with Crippen molar-refractivity contribution in [3.05, 3.63) is 59.7 Å². The summed E-state index contributed by atoms with van der Waals surface area (Å²) in [6, 6.07) is 13.9. The maximum Gasteiger partial charge on any atom is 0.573 e. The number of hydrogen-bond acceptors (Lipinski definition) is 2. The first-order valence-electron chi connectivity index (χ1n) is 9.19. The molecular weight excluding hydrogens is 387 g/mol. The molecule has 3 rings (SSSR count). The second-order valence-corrected chi connectivity index (χ2v) is 7.24. The van der Waals surface area contributed by atoms with Crippen LogP contribution in [0.4, 0.5) is 18.9 Å². The standard InChI is InChI=1S/C20H22F3N3OS/c21-20(22,23)27-18-9-7-17(8-10-18)25-19(28)24-13-15-3-5-16(6-4-15)14-26-11-1-2-12-26/h3-10H,1-2,11-14H2,(H2,24,25,28)/p+1. The highest BCUT2D eigenvalue weighted by molar-refractivity contribution is 7.80. The number of hydrogen-bond donors (Lipinski definition) is 3. The third kappa shape index (κ3) is 6.69. The van der Waals surface area contributed by atoms with Gasteiger partial charge >= 0.3 is 6.36 Å². The minimum absolute atomic E-state index is 0.271. The number of nitrogens with one attached hydrogen (secondary N) is 3. The Labute approximate surface area is 167 Å². The Morgan fingerprint density at radius 1 is 0.964 bits per heavy atom. The fraction of sp³-hybridized carbons (Fsp3) is 0.350. The van der Waals surface area contributed by atoms with Crippen LogP contribution in [0.2, 0.25) is 0 Å². The van der Waals surface area contributed by atoms with E-state index < -0.39 is 6.36 Å². The molecule has 3 N–H and O–H groups in total. The van der Waals surface area contributed by atoms with Gasteiger partial charge in [-0.1, -0.05) is 24.3 Å². The molecule has 28 heavy (non-hydrogen) atoms. The van der Waals surface area contributed by atoms with Gasteiger partial charge in [0.05, 0.1) is 13.1 Å². The Kier molecular flexibility index (Phi) is 6.74. The van der Waals surface area contributed by atoms with E-state index in [1.807, 2.05) is 0 Å². The van der Waals surface area contributed by atoms with E-state index >= 15 is 0 Å². The number of likely N-dealkylation sites (tertiary alicyclic amines) is 1. The number of alkyl halides is 3. The number of benzene rings is 2. The molecule has 0 atom stereocenters. The first-order chi connectivity index (χ1) is 13.4. The minimum atomic E-state index is -4.70. The summed E-state index contributed by atoms with van der Waals surface area (Å²) in [7, 11) is 0. The monoisotopic (exact) mass is 410 g/mol. The van der Waals surface area contributed by atoms with Crippen molar-refractivity contribution in [3.63, 3.8) is 0 Å². The highest BCUT2D eigenvalue weighted by atomic mass is 32.1. The predicted octanol–water partition coefficient (Wildman–Crippen LogP) is 3.25. The Morgan fingerprint density at radius 3 is 2.18 bits per heavy atom. The molecule has 150 valence electrons. The Bertz CT molecular complexity index is 773. The average Bonchev–Trinajstić information content (AvgIpc) is 3.15. The van der Waals surface area contributed by atoms with Crippen LogP contribution in [0.15, 0.2) is 48.5 Å². The summed E-state index contributed by atoms with van der Waals surface area (Å²) in [5.74, 6) is -0.271. The van der Waals surface area contributed by atoms with Crippen LogP contribution in [0.5, 0.6) is 5.75 Å². The molecule has 0 aromatic heterocycles. The molecule has 4 nitrogen and oxygen atoms in total. The smallest absolute Gasteiger partial charge is 0.406 e. The molecular formula is C20H23F3N3OS+. The van der Waals surface area contributed by atoms with E-state index in [4.69, 9.17) is 12.2 Å². The van der Waals surface area contributed by atoms with Crippen molar-refractivity contribution in [2.45, 2.75) is 32.3 Å². The first kappa shape index (κ1) is 20.4. The molecule has 0 radical (unpaired) electrons. The Morgan fingerprint density at radius 2 is 1.57 bits per heavy atom. The van der Waals surface area contributed by atoms with Crippen LogP contribution < -0.4 is 20.3 Å². The summed E-state index contributed by atoms with van der Waals surface area (Å²) in [5.41, 5.74) is 3.02. The minimum Gasteiger partial charge on any atom is -0.406 e. The van der Waals surface area contributed by atoms with E-state index in [0.717, 1.165) is 12.1 Å². The molecule has 1 fully saturated rings. The van der Waals surface area contributed by atoms with Crippen molar-refractivity contribution in [3.8, 4) is 5.75 Å². The molecule has 0 aliphatic carbocycles. The van der Waals surface area contributed by atoms with Gasteiger partial charge in [-0.3, -0.25) is 0 Å². The SMILES string of the molecule is FC(F)(F)Oc1ccc(NC(=S)NCc2ccc(C[NH+]3CCCC3)cc2)cc1. The van der Waals surface area contributed by atoms with Crippen molar-refractivity contribution < 1.29 is 22.8 Å². The largest absolute Gasteiger partial charge is 0.573 e. The van der Waals surface area contributed by atoms with E-state index in [9.17, 15) is 13.2 Å². The molecule has 1 heterocycles. The third-order valence-electron chi connectivity index (χ3n) is 4.59. The van der Waals surface area contributed by atoms with Gasteiger partial charge in [-0.2, -0.15) is 0 Å². The van der Waals surface area contributed by atoms with Crippen molar-refractivity contribution in [1.29, 1.82) is 0 Å². The first-order valence-corrected chi connectivity index (χ1v) is 9.60. The molecule has 1 saturated heterocycles. The van der Waals surface area contributed by atoms with Gasteiger partial charge in [0.1, 0.15) is 12.3 Å². The van der Waals surface area contributed by atoms with Crippen LogP contribution >= 0.6 is 12.2 Å². The van der Waals surface area contributed by atoms with Crippen LogP contribution in [0.25, 0.3) is 0 Å². The van der Waals surface area contributed by atoms with E-state index in [2.05, 4.69) is 39.6 Å². The quantitative estimate of drug-likeness (QED) is 0.640. The van der Waals surface area contributed by atoms with Crippen molar-refractivity contribution in [1.82, 2.24) is 5.32 Å². The summed E-state index contributed by atoms with van der Waals surface area (Å²) in [6.07, 6.45) is -2.06. The molecule has 0 amide bonds. The van der Waals surface area contributed by atoms with Gasteiger partial charge in [0.2, 0.25) is 0 Å². The van der Waals surface area contributed by atoms with Crippen LogP contribution in [0.1, 0.15) is 24.0 Å². The molecule has 1 aliphatic heterocycles. The Balaban J connectivity index is 1.43. The molecule has 2 aromatic rings. The van der Waals surface area contributed by atoms with E-state index in [-0.39, 0.29) is 5.75 Å². The number of rotatable bonds is 6. The van der Waals surface area contributed by atoms with Gasteiger partial charge in [0.25, 0.3) is 0 Å². The highest BCUT2D eigenvalue weighted by Crippen LogP contribution is 2.23. The number of ether oxygens (including phenoxy) is 1. The molecule has 2 aromatic carbocycles. The zero-order valence-corrected chi connectivity index (χ0v) is 16.1. The second-order valence-electron chi connectivity index (χ2n) is 6.83. The van der Waals surface area contributed by atoms with Crippen molar-refractivity contribution in [2.75, 3.05) is 18.4 Å². The summed E-state index contributed by atoms with van der Waals surface area (Å²) in [4.78, 5) is 1.64. The molecule has 0 unspecified atom stereocenters. The van der Waals surface area contributed by atoms with Crippen LogP contribution in [0, 0.1) is 0 Å². The highest BCUT2D eigenvalue weighted by Gasteiger charge is 2.30. The number of thiocarbonyl (C=S) groups is 1. The summed E-state index contributed by atoms with van der Waals surface area (Å²) in [5, 5.41) is 6.44. The fourth-order valence-corrected chi connectivity index (χ4v) is 3.40. The maximum absolute atomic E-state index is 12.2. The number of quaternary nitrogens is 1. The van der Waals surface area contributed by atoms with E-state index in [1.165, 1.54) is 55.8 Å². The second kappa shape index (κ2) is 9.25. The van der Waals surface area contributed by atoms with Crippen LogP contribution in [-0.4, -0.2) is 24.6 Å². The molecule has 0 bridgehead atoms. The number of halogens is 3. The molecule has 8 heteroatoms. The third-order valence-corrected chi connectivity index (χ3v) is 4.83. The topological polar surface area (TPSA) is 37.7 Å². The van der Waals surface area contributed by atoms with E-state index in [0.29, 0.717) is 17.3 Å². The summed E-state index contributed by atoms with van der Waals surface area (Å²) >= 11 is 5.24. The lowest BCUT2D eigenvalue weighted by Crippen LogP contribution is -3.08. The van der Waals surface area contributed by atoms with Crippen LogP contribution in [-0.2, 0) is 13.1 Å². The lowest BCUT2D eigenvalue weighted by molar-refractivity contribution is -0.901. The van der Waals surface area contributed by atoms with Crippen molar-refractivity contribution in [2.24, 2.45) is 0 Å². The maximum atomic E-state index is 12.2. The normalized spacial score (nSPS) is 14.7. The Hall–Kier alpha value is -2.32. The van der Waals surface area contributed by atoms with Crippen LogP contribution in [0.3, 0.4) is 0 Å². The lowest BCUT2D eigenvalue weighted by Gasteiger charge is -2.13. The zero-order chi connectivity index (χ0) is 20.0. The van der Waals surface area contributed by atoms with Gasteiger partial charge in [0, 0.05) is 30.6 Å². The van der Waals surface area contributed by atoms with Gasteiger partial charge < -0.3 is 20.3 Å². The van der Waals surface area contributed by atoms with Gasteiger partial charge in [0.15, 0.2) is 5.11 Å². The van der Waals surface area contributed by atoms with E-state index in [1.54, 1.807) is 4.90 Å². The summed E-state index contributed by atoms with van der Waals surface area (Å²) in [6.45, 7) is 4.15. The molecule has 0 spiro atoms. The van der Waals surface area contributed by atoms with Crippen molar-refractivity contribution >= 4 is 23.0 Å². The van der Waals surface area contributed by atoms with Gasteiger partial charge in [-0.05, 0) is 42.0 Å². The predicted molar refractivity (Wildman–Crippen MR) is 106 cm³/mol. The summed E-state index contributed by atoms with van der Waals surface area (Å²) < 4.78 is 40.4. The average molecular weight is 410 g/mol. The molecule has 0 saturated carbocycles. The molecule has 1 aliphatic rings. The zero-order valence-electron chi connectivity index (χ0n) is 15.3. The van der Waals surface area contributed by atoms with Gasteiger partial charge in [-0.25, -0.2) is 0 Å². The fourth-order valence-electron chi connectivity index (χ4n) is 3.21. The van der Waals surface area contributed by atoms with Gasteiger partial charge in [-0.15, -0.1) is 13.2 Å².